The van der Waals surface area contributed by atoms with Crippen LogP contribution in [0, 0.1) is 5.41 Å². The first-order valence-corrected chi connectivity index (χ1v) is 9.40. The Balaban J connectivity index is 0.00000784. The van der Waals surface area contributed by atoms with Crippen LogP contribution in [0.25, 0.3) is 0 Å². The summed E-state index contributed by atoms with van der Waals surface area (Å²) in [5.74, 6) is 0.743. The normalized spacial score (nSPS) is 12.7. The maximum Gasteiger partial charge on any atom is 0.411 e. The van der Waals surface area contributed by atoms with Gasteiger partial charge in [-0.3, -0.25) is 0 Å². The van der Waals surface area contributed by atoms with Crippen molar-refractivity contribution in [1.29, 1.82) is 0 Å². The molecule has 1 aromatic carbocycles. The molecule has 0 saturated carbocycles. The average Bonchev–Trinajstić information content (AvgIpc) is 2.56. The summed E-state index contributed by atoms with van der Waals surface area (Å²) in [4.78, 5) is 6.75. The number of hydrogen-bond acceptors (Lipinski definition) is 3. The Morgan fingerprint density at radius 2 is 1.66 bits per heavy atom. The van der Waals surface area contributed by atoms with Crippen molar-refractivity contribution in [2.24, 2.45) is 10.4 Å². The molecule has 0 aromatic heterocycles. The van der Waals surface area contributed by atoms with Gasteiger partial charge < -0.3 is 20.3 Å². The second-order valence-electron chi connectivity index (χ2n) is 7.88. The quantitative estimate of drug-likeness (QED) is 0.273. The number of hydrogen-bond donors (Lipinski definition) is 2. The molecule has 29 heavy (non-hydrogen) atoms. The highest BCUT2D eigenvalue weighted by Crippen LogP contribution is 2.16. The molecule has 0 radical (unpaired) electrons. The van der Waals surface area contributed by atoms with Gasteiger partial charge in [0.1, 0.15) is 6.61 Å². The first-order chi connectivity index (χ1) is 13.0. The third kappa shape index (κ3) is 13.7. The van der Waals surface area contributed by atoms with Gasteiger partial charge in [-0.2, -0.15) is 13.2 Å². The van der Waals surface area contributed by atoms with Gasteiger partial charge in [-0.1, -0.05) is 38.1 Å². The molecule has 5 nitrogen and oxygen atoms in total. The van der Waals surface area contributed by atoms with Gasteiger partial charge >= 0.3 is 6.18 Å². The smallest absolute Gasteiger partial charge is 0.367 e. The van der Waals surface area contributed by atoms with Crippen molar-refractivity contribution < 1.29 is 17.9 Å². The minimum absolute atomic E-state index is 0. The number of halogens is 4. The largest absolute Gasteiger partial charge is 0.411 e. The molecule has 168 valence electrons. The lowest BCUT2D eigenvalue weighted by Gasteiger charge is -2.29. The van der Waals surface area contributed by atoms with Gasteiger partial charge in [-0.15, -0.1) is 24.0 Å². The van der Waals surface area contributed by atoms with Crippen LogP contribution in [0.2, 0.25) is 0 Å². The number of benzene rings is 1. The van der Waals surface area contributed by atoms with Gasteiger partial charge in [0.05, 0.1) is 13.2 Å². The van der Waals surface area contributed by atoms with Crippen molar-refractivity contribution in [3.05, 3.63) is 35.4 Å². The van der Waals surface area contributed by atoms with E-state index in [1.807, 2.05) is 19.1 Å². The molecule has 0 unspecified atom stereocenters. The topological polar surface area (TPSA) is 48.9 Å². The zero-order valence-electron chi connectivity index (χ0n) is 17.9. The fraction of sp³-hybridized carbons (Fsp3) is 0.650. The number of rotatable bonds is 10. The van der Waals surface area contributed by atoms with E-state index < -0.39 is 12.8 Å². The molecule has 0 aliphatic heterocycles. The summed E-state index contributed by atoms with van der Waals surface area (Å²) in [6.07, 6.45) is -4.30. The molecule has 0 fully saturated rings. The Labute approximate surface area is 189 Å². The molecule has 0 heterocycles. The summed E-state index contributed by atoms with van der Waals surface area (Å²) in [6.45, 7) is 8.09. The van der Waals surface area contributed by atoms with Crippen LogP contribution in [0.5, 0.6) is 0 Å². The minimum atomic E-state index is -4.30. The highest BCUT2D eigenvalue weighted by atomic mass is 127. The molecule has 1 rings (SSSR count). The highest BCUT2D eigenvalue weighted by Gasteiger charge is 2.27. The van der Waals surface area contributed by atoms with Crippen molar-refractivity contribution in [2.45, 2.75) is 40.1 Å². The Hall–Kier alpha value is -1.07. The van der Waals surface area contributed by atoms with Crippen LogP contribution in [0.15, 0.2) is 29.3 Å². The minimum Gasteiger partial charge on any atom is -0.367 e. The summed E-state index contributed by atoms with van der Waals surface area (Å²) in [5, 5.41) is 6.61. The number of aliphatic imine (C=N–C) groups is 1. The third-order valence-corrected chi connectivity index (χ3v) is 3.80. The summed E-state index contributed by atoms with van der Waals surface area (Å²) in [7, 11) is 4.11. The second-order valence-corrected chi connectivity index (χ2v) is 7.88. The maximum absolute atomic E-state index is 12.1. The summed E-state index contributed by atoms with van der Waals surface area (Å²) < 4.78 is 41.0. The maximum atomic E-state index is 12.1. The number of alkyl halides is 3. The lowest BCUT2D eigenvalue weighted by atomic mass is 9.93. The van der Waals surface area contributed by atoms with E-state index in [1.165, 1.54) is 0 Å². The zero-order valence-corrected chi connectivity index (χ0v) is 20.2. The van der Waals surface area contributed by atoms with Crippen LogP contribution < -0.4 is 10.6 Å². The monoisotopic (exact) mass is 530 g/mol. The van der Waals surface area contributed by atoms with Crippen LogP contribution >= 0.6 is 24.0 Å². The van der Waals surface area contributed by atoms with Crippen molar-refractivity contribution in [3.63, 3.8) is 0 Å². The summed E-state index contributed by atoms with van der Waals surface area (Å²) >= 11 is 0. The molecule has 0 aliphatic carbocycles. The van der Waals surface area contributed by atoms with Gasteiger partial charge in [-0.05, 0) is 37.6 Å². The lowest BCUT2D eigenvalue weighted by molar-refractivity contribution is -0.176. The van der Waals surface area contributed by atoms with E-state index in [2.05, 4.69) is 53.2 Å². The van der Waals surface area contributed by atoms with E-state index in [9.17, 15) is 13.2 Å². The molecule has 9 heteroatoms. The molecule has 0 amide bonds. The molecule has 0 bridgehead atoms. The van der Waals surface area contributed by atoms with E-state index in [0.29, 0.717) is 12.1 Å². The van der Waals surface area contributed by atoms with Gasteiger partial charge in [0.2, 0.25) is 0 Å². The van der Waals surface area contributed by atoms with E-state index in [-0.39, 0.29) is 36.0 Å². The van der Waals surface area contributed by atoms with Gasteiger partial charge in [0.25, 0.3) is 0 Å². The fourth-order valence-corrected chi connectivity index (χ4v) is 2.77. The second kappa shape index (κ2) is 13.3. The highest BCUT2D eigenvalue weighted by molar-refractivity contribution is 14.0. The standard InChI is InChI=1S/C20H33F3N4O.HI/c1-6-24-18(26-13-19(2,3)14-27(4)5)25-11-16-7-9-17(10-8-16)12-28-15-20(21,22)23;/h7-10H,6,11-15H2,1-5H3,(H2,24,25,26);1H. The number of guanidine groups is 1. The van der Waals surface area contributed by atoms with E-state index >= 15 is 0 Å². The van der Waals surface area contributed by atoms with Gasteiger partial charge in [0, 0.05) is 19.6 Å². The molecular weight excluding hydrogens is 496 g/mol. The molecule has 2 N–H and O–H groups in total. The number of nitrogens with one attached hydrogen (secondary N) is 2. The van der Waals surface area contributed by atoms with Crippen molar-refractivity contribution in [3.8, 4) is 0 Å². The van der Waals surface area contributed by atoms with E-state index in [4.69, 9.17) is 0 Å². The number of ether oxygens (including phenoxy) is 1. The third-order valence-electron chi connectivity index (χ3n) is 3.80. The molecule has 0 atom stereocenters. The first-order valence-electron chi connectivity index (χ1n) is 9.40. The van der Waals surface area contributed by atoms with Crippen molar-refractivity contribution in [1.82, 2.24) is 15.5 Å². The fourth-order valence-electron chi connectivity index (χ4n) is 2.77. The summed E-state index contributed by atoms with van der Waals surface area (Å²) in [6, 6.07) is 7.24. The Bertz CT molecular complexity index is 605. The number of nitrogens with zero attached hydrogens (tertiary/aromatic N) is 2. The van der Waals surface area contributed by atoms with Crippen LogP contribution in [0.3, 0.4) is 0 Å². The summed E-state index contributed by atoms with van der Waals surface area (Å²) in [5.41, 5.74) is 1.77. The molecular formula is C20H34F3IN4O. The Morgan fingerprint density at radius 1 is 1.07 bits per heavy atom. The predicted molar refractivity (Wildman–Crippen MR) is 123 cm³/mol. The zero-order chi connectivity index (χ0) is 21.2. The SMILES string of the molecule is CCNC(=NCc1ccc(COCC(F)(F)F)cc1)NCC(C)(C)CN(C)C.I. The Morgan fingerprint density at radius 3 is 2.17 bits per heavy atom. The molecule has 0 spiro atoms. The predicted octanol–water partition coefficient (Wildman–Crippen LogP) is 4.03. The van der Waals surface area contributed by atoms with E-state index in [0.717, 1.165) is 31.2 Å². The average molecular weight is 530 g/mol. The van der Waals surface area contributed by atoms with Crippen LogP contribution in [0.4, 0.5) is 13.2 Å². The van der Waals surface area contributed by atoms with Crippen molar-refractivity contribution in [2.75, 3.05) is 40.3 Å². The molecule has 0 aliphatic rings. The van der Waals surface area contributed by atoms with Crippen LogP contribution in [-0.2, 0) is 17.9 Å². The lowest BCUT2D eigenvalue weighted by Crippen LogP contribution is -2.44. The van der Waals surface area contributed by atoms with Gasteiger partial charge in [-0.25, -0.2) is 4.99 Å². The Kier molecular flexibility index (Phi) is 12.8. The molecule has 1 aromatic rings. The van der Waals surface area contributed by atoms with Gasteiger partial charge in [0.15, 0.2) is 5.96 Å². The molecule has 0 saturated heterocycles. The van der Waals surface area contributed by atoms with Crippen LogP contribution in [0.1, 0.15) is 31.9 Å². The van der Waals surface area contributed by atoms with Crippen molar-refractivity contribution >= 4 is 29.9 Å². The first kappa shape index (κ1) is 27.9. The van der Waals surface area contributed by atoms with E-state index in [1.54, 1.807) is 12.1 Å². The van der Waals surface area contributed by atoms with Crippen LogP contribution in [-0.4, -0.2) is 57.4 Å².